The smallest absolute Gasteiger partial charge is 0.152 e. The molecule has 0 saturated carbocycles. The molecule has 0 atom stereocenters. The van der Waals surface area contributed by atoms with Gasteiger partial charge in [0.15, 0.2) is 5.82 Å². The number of fused-ring (bicyclic) bond motifs is 1. The summed E-state index contributed by atoms with van der Waals surface area (Å²) in [5.41, 5.74) is 1.05. The van der Waals surface area contributed by atoms with Gasteiger partial charge in [-0.25, -0.2) is 8.78 Å². The van der Waals surface area contributed by atoms with Crippen LogP contribution in [0, 0.1) is 18.6 Å². The predicted octanol–water partition coefficient (Wildman–Crippen LogP) is 4.87. The van der Waals surface area contributed by atoms with E-state index in [9.17, 15) is 8.78 Å². The van der Waals surface area contributed by atoms with Crippen molar-refractivity contribution in [2.24, 2.45) is 0 Å². The monoisotopic (exact) mass is 239 g/mol. The summed E-state index contributed by atoms with van der Waals surface area (Å²) in [4.78, 5) is 3.84. The number of hydrogen-bond donors (Lipinski definition) is 0. The minimum absolute atomic E-state index is 0.224. The van der Waals surface area contributed by atoms with E-state index in [0.717, 1.165) is 11.6 Å². The van der Waals surface area contributed by atoms with E-state index >= 15 is 0 Å². The summed E-state index contributed by atoms with van der Waals surface area (Å²) < 4.78 is 25.9. The minimum atomic E-state index is -0.612. The van der Waals surface area contributed by atoms with Gasteiger partial charge in [-0.3, -0.25) is 4.98 Å². The van der Waals surface area contributed by atoms with Crippen molar-refractivity contribution >= 4 is 10.9 Å². The second-order valence-corrected chi connectivity index (χ2v) is 2.91. The Hall–Kier alpha value is -1.51. The topological polar surface area (TPSA) is 12.9 Å². The maximum absolute atomic E-state index is 13.1. The Morgan fingerprint density at radius 3 is 2.18 bits per heavy atom. The fourth-order valence-corrected chi connectivity index (χ4v) is 1.31. The zero-order valence-corrected chi connectivity index (χ0v) is 11.0. The molecule has 2 aromatic rings. The number of nitrogens with zero attached hydrogens (tertiary/aromatic N) is 1. The van der Waals surface area contributed by atoms with Gasteiger partial charge in [-0.15, -0.1) is 0 Å². The van der Waals surface area contributed by atoms with Crippen LogP contribution in [0.3, 0.4) is 0 Å². The van der Waals surface area contributed by atoms with Crippen LogP contribution in [0.25, 0.3) is 10.9 Å². The Morgan fingerprint density at radius 2 is 1.59 bits per heavy atom. The first-order valence-corrected chi connectivity index (χ1v) is 5.89. The van der Waals surface area contributed by atoms with Crippen molar-refractivity contribution in [3.8, 4) is 0 Å². The average Bonchev–Trinajstić information content (AvgIpc) is 2.36. The van der Waals surface area contributed by atoms with Crippen LogP contribution < -0.4 is 0 Å². The van der Waals surface area contributed by atoms with E-state index in [1.165, 1.54) is 12.3 Å². The molecular formula is C14H19F2N. The normalized spacial score (nSPS) is 8.88. The third-order valence-electron chi connectivity index (χ3n) is 1.98. The van der Waals surface area contributed by atoms with Gasteiger partial charge in [-0.2, -0.15) is 0 Å². The molecule has 0 N–H and O–H groups in total. The zero-order valence-electron chi connectivity index (χ0n) is 11.0. The van der Waals surface area contributed by atoms with Crippen molar-refractivity contribution in [1.82, 2.24) is 4.98 Å². The molecule has 3 heteroatoms. The number of hydrogen-bond acceptors (Lipinski definition) is 1. The Labute approximate surface area is 102 Å². The number of rotatable bonds is 0. The third kappa shape index (κ3) is 3.77. The Bertz CT molecular complexity index is 467. The van der Waals surface area contributed by atoms with Gasteiger partial charge in [0.2, 0.25) is 0 Å². The van der Waals surface area contributed by atoms with Crippen LogP contribution in [0.4, 0.5) is 8.78 Å². The van der Waals surface area contributed by atoms with Crippen LogP contribution in [0.2, 0.25) is 0 Å². The molecule has 0 unspecified atom stereocenters. The lowest BCUT2D eigenvalue weighted by Gasteiger charge is -2.01. The van der Waals surface area contributed by atoms with Gasteiger partial charge in [0, 0.05) is 17.6 Å². The molecule has 17 heavy (non-hydrogen) atoms. The first-order valence-electron chi connectivity index (χ1n) is 5.89. The maximum atomic E-state index is 13.1. The van der Waals surface area contributed by atoms with E-state index < -0.39 is 11.6 Å². The summed E-state index contributed by atoms with van der Waals surface area (Å²) in [5, 5.41) is 0.528. The number of aromatic nitrogens is 1. The molecule has 0 aliphatic rings. The SMILES string of the molecule is CC.CC.Cc1ccnc2c(F)cc(F)cc12. The van der Waals surface area contributed by atoms with Crippen LogP contribution in [-0.4, -0.2) is 4.98 Å². The fraction of sp³-hybridized carbons (Fsp3) is 0.357. The number of halogens is 2. The zero-order chi connectivity index (χ0) is 13.4. The molecular weight excluding hydrogens is 220 g/mol. The van der Waals surface area contributed by atoms with Crippen molar-refractivity contribution in [2.45, 2.75) is 34.6 Å². The molecule has 1 heterocycles. The number of aryl methyl sites for hydroxylation is 1. The highest BCUT2D eigenvalue weighted by Gasteiger charge is 2.05. The van der Waals surface area contributed by atoms with E-state index in [4.69, 9.17) is 0 Å². The molecule has 0 aliphatic heterocycles. The van der Waals surface area contributed by atoms with Gasteiger partial charge in [-0.1, -0.05) is 27.7 Å². The Balaban J connectivity index is 0.000000581. The molecule has 0 fully saturated rings. The van der Waals surface area contributed by atoms with Gasteiger partial charge < -0.3 is 0 Å². The molecule has 0 bridgehead atoms. The second kappa shape index (κ2) is 7.71. The highest BCUT2D eigenvalue weighted by Crippen LogP contribution is 2.19. The van der Waals surface area contributed by atoms with Gasteiger partial charge in [-0.05, 0) is 24.6 Å². The standard InChI is InChI=1S/C10H7F2N.2C2H6/c1-6-2-3-13-10-8(6)4-7(11)5-9(10)12;2*1-2/h2-5H,1H3;2*1-2H3. The van der Waals surface area contributed by atoms with Gasteiger partial charge in [0.1, 0.15) is 11.3 Å². The molecule has 0 aliphatic carbocycles. The molecule has 1 nitrogen and oxygen atoms in total. The average molecular weight is 239 g/mol. The lowest BCUT2D eigenvalue weighted by Crippen LogP contribution is -1.88. The molecule has 94 valence electrons. The molecule has 2 rings (SSSR count). The molecule has 0 radical (unpaired) electrons. The first-order chi connectivity index (χ1) is 8.18. The van der Waals surface area contributed by atoms with Crippen LogP contribution in [0.15, 0.2) is 24.4 Å². The first kappa shape index (κ1) is 15.5. The minimum Gasteiger partial charge on any atom is -0.253 e. The maximum Gasteiger partial charge on any atom is 0.152 e. The van der Waals surface area contributed by atoms with Crippen molar-refractivity contribution in [1.29, 1.82) is 0 Å². The van der Waals surface area contributed by atoms with Crippen LogP contribution >= 0.6 is 0 Å². The van der Waals surface area contributed by atoms with Crippen molar-refractivity contribution in [3.63, 3.8) is 0 Å². The van der Waals surface area contributed by atoms with E-state index in [-0.39, 0.29) is 5.52 Å². The highest BCUT2D eigenvalue weighted by molar-refractivity contribution is 5.82. The Kier molecular flexibility index (Phi) is 7.03. The fourth-order valence-electron chi connectivity index (χ4n) is 1.31. The molecule has 0 spiro atoms. The lowest BCUT2D eigenvalue weighted by atomic mass is 10.1. The van der Waals surface area contributed by atoms with Crippen LogP contribution in [0.1, 0.15) is 33.3 Å². The van der Waals surface area contributed by atoms with E-state index in [2.05, 4.69) is 4.98 Å². The predicted molar refractivity (Wildman–Crippen MR) is 69.1 cm³/mol. The van der Waals surface area contributed by atoms with Crippen LogP contribution in [0.5, 0.6) is 0 Å². The van der Waals surface area contributed by atoms with E-state index in [1.807, 2.05) is 27.7 Å². The van der Waals surface area contributed by atoms with Gasteiger partial charge >= 0.3 is 0 Å². The highest BCUT2D eigenvalue weighted by atomic mass is 19.1. The van der Waals surface area contributed by atoms with Crippen LogP contribution in [-0.2, 0) is 0 Å². The van der Waals surface area contributed by atoms with Gasteiger partial charge in [0.25, 0.3) is 0 Å². The summed E-state index contributed by atoms with van der Waals surface area (Å²) in [6, 6.07) is 3.86. The lowest BCUT2D eigenvalue weighted by molar-refractivity contribution is 0.590. The van der Waals surface area contributed by atoms with Crippen molar-refractivity contribution in [2.75, 3.05) is 0 Å². The van der Waals surface area contributed by atoms with Crippen molar-refractivity contribution in [3.05, 3.63) is 41.6 Å². The number of benzene rings is 1. The molecule has 0 amide bonds. The molecule has 0 saturated heterocycles. The molecule has 1 aromatic carbocycles. The largest absolute Gasteiger partial charge is 0.253 e. The summed E-state index contributed by atoms with van der Waals surface area (Å²) in [6.45, 7) is 9.79. The van der Waals surface area contributed by atoms with Crippen molar-refractivity contribution < 1.29 is 8.78 Å². The quantitative estimate of drug-likeness (QED) is 0.639. The summed E-state index contributed by atoms with van der Waals surface area (Å²) >= 11 is 0. The second-order valence-electron chi connectivity index (χ2n) is 2.91. The van der Waals surface area contributed by atoms with E-state index in [0.29, 0.717) is 5.39 Å². The van der Waals surface area contributed by atoms with Gasteiger partial charge in [0.05, 0.1) is 0 Å². The summed E-state index contributed by atoms with van der Waals surface area (Å²) in [6.07, 6.45) is 1.51. The number of pyridine rings is 1. The van der Waals surface area contributed by atoms with E-state index in [1.54, 1.807) is 13.0 Å². The third-order valence-corrected chi connectivity index (χ3v) is 1.98. The summed E-state index contributed by atoms with van der Waals surface area (Å²) in [5.74, 6) is -1.18. The molecule has 1 aromatic heterocycles. The Morgan fingerprint density at radius 1 is 1.00 bits per heavy atom. The summed E-state index contributed by atoms with van der Waals surface area (Å²) in [7, 11) is 0.